The number of fused-ring (bicyclic) bond motifs is 1. The fourth-order valence-electron chi connectivity index (χ4n) is 3.24. The van der Waals surface area contributed by atoms with E-state index in [-0.39, 0.29) is 5.91 Å². The fourth-order valence-corrected chi connectivity index (χ4v) is 3.44. The molecule has 0 aliphatic heterocycles. The summed E-state index contributed by atoms with van der Waals surface area (Å²) >= 11 is 6.25. The molecule has 2 N–H and O–H groups in total. The molecular weight excluding hydrogens is 408 g/mol. The maximum Gasteiger partial charge on any atom is 0.273 e. The van der Waals surface area contributed by atoms with Gasteiger partial charge in [-0.1, -0.05) is 54.1 Å². The number of hydrogen-bond donors (Lipinski definition) is 2. The number of carbonyl (C=O) groups is 1. The normalized spacial score (nSPS) is 11.1. The number of amides is 1. The van der Waals surface area contributed by atoms with Gasteiger partial charge in [-0.05, 0) is 55.3 Å². The van der Waals surface area contributed by atoms with Gasteiger partial charge in [0.1, 0.15) is 5.15 Å². The Morgan fingerprint density at radius 3 is 2.58 bits per heavy atom. The second kappa shape index (κ2) is 8.98. The molecule has 4 rings (SSSR count). The molecule has 0 spiro atoms. The topological polar surface area (TPSA) is 66.4 Å². The Kier molecular flexibility index (Phi) is 5.96. The van der Waals surface area contributed by atoms with Gasteiger partial charge in [-0.25, -0.2) is 10.4 Å². The molecule has 6 heteroatoms. The molecule has 1 heterocycles. The Morgan fingerprint density at radius 1 is 0.968 bits per heavy atom. The molecule has 0 saturated heterocycles. The summed E-state index contributed by atoms with van der Waals surface area (Å²) in [4.78, 5) is 17.1. The van der Waals surface area contributed by atoms with Crippen molar-refractivity contribution in [3.63, 3.8) is 0 Å². The molecule has 31 heavy (non-hydrogen) atoms. The third-order valence-electron chi connectivity index (χ3n) is 5.12. The van der Waals surface area contributed by atoms with Crippen molar-refractivity contribution in [3.8, 4) is 0 Å². The zero-order chi connectivity index (χ0) is 21.8. The molecule has 1 aromatic heterocycles. The minimum atomic E-state index is -0.325. The van der Waals surface area contributed by atoms with Crippen LogP contribution in [0.1, 0.15) is 27.0 Å². The highest BCUT2D eigenvalue weighted by atomic mass is 35.5. The number of halogens is 1. The van der Waals surface area contributed by atoms with Crippen LogP contribution in [0.3, 0.4) is 0 Å². The standard InChI is InChI=1S/C25H21ClN4O/c1-16-8-7-13-21(17(16)2)28-23-12-6-4-10-20(23)25(31)30-27-15-19-14-18-9-3-5-11-22(18)29-24(19)26/h3-15,28H,1-2H3,(H,30,31)/b27-15+. The first-order valence-corrected chi connectivity index (χ1v) is 10.2. The van der Waals surface area contributed by atoms with Crippen LogP contribution in [-0.2, 0) is 0 Å². The van der Waals surface area contributed by atoms with Crippen LogP contribution >= 0.6 is 11.6 Å². The number of nitrogens with one attached hydrogen (secondary N) is 2. The third kappa shape index (κ3) is 4.57. The minimum Gasteiger partial charge on any atom is -0.355 e. The molecule has 0 aliphatic rings. The second-order valence-electron chi connectivity index (χ2n) is 7.18. The number of benzene rings is 3. The Bertz CT molecular complexity index is 1300. The van der Waals surface area contributed by atoms with Gasteiger partial charge in [-0.2, -0.15) is 5.10 Å². The average molecular weight is 429 g/mol. The summed E-state index contributed by atoms with van der Waals surface area (Å²) in [5, 5.41) is 8.72. The maximum atomic E-state index is 12.8. The summed E-state index contributed by atoms with van der Waals surface area (Å²) in [6, 6.07) is 22.9. The van der Waals surface area contributed by atoms with Crippen molar-refractivity contribution in [1.82, 2.24) is 10.4 Å². The van der Waals surface area contributed by atoms with E-state index in [1.54, 1.807) is 6.07 Å². The van der Waals surface area contributed by atoms with Gasteiger partial charge in [0.2, 0.25) is 0 Å². The lowest BCUT2D eigenvalue weighted by molar-refractivity contribution is 0.0956. The van der Waals surface area contributed by atoms with Gasteiger partial charge in [0.05, 0.1) is 23.0 Å². The number of anilines is 2. The summed E-state index contributed by atoms with van der Waals surface area (Å²) in [7, 11) is 0. The molecule has 0 radical (unpaired) electrons. The van der Waals surface area contributed by atoms with E-state index in [1.165, 1.54) is 11.8 Å². The molecule has 1 amide bonds. The molecule has 5 nitrogen and oxygen atoms in total. The van der Waals surface area contributed by atoms with Crippen molar-refractivity contribution in [2.45, 2.75) is 13.8 Å². The van der Waals surface area contributed by atoms with E-state index in [0.29, 0.717) is 22.0 Å². The van der Waals surface area contributed by atoms with E-state index < -0.39 is 0 Å². The quantitative estimate of drug-likeness (QED) is 0.232. The summed E-state index contributed by atoms with van der Waals surface area (Å²) < 4.78 is 0. The Hall–Kier alpha value is -3.70. The lowest BCUT2D eigenvalue weighted by atomic mass is 10.1. The number of rotatable bonds is 5. The molecule has 0 saturated carbocycles. The third-order valence-corrected chi connectivity index (χ3v) is 5.42. The van der Waals surface area contributed by atoms with Crippen LogP contribution in [0.4, 0.5) is 11.4 Å². The van der Waals surface area contributed by atoms with Crippen LogP contribution in [0, 0.1) is 13.8 Å². The molecule has 0 fully saturated rings. The summed E-state index contributed by atoms with van der Waals surface area (Å²) in [5.74, 6) is -0.325. The van der Waals surface area contributed by atoms with Gasteiger partial charge < -0.3 is 5.32 Å². The Balaban J connectivity index is 1.53. The zero-order valence-corrected chi connectivity index (χ0v) is 17.9. The maximum absolute atomic E-state index is 12.8. The molecule has 0 aliphatic carbocycles. The molecule has 0 bridgehead atoms. The lowest BCUT2D eigenvalue weighted by Crippen LogP contribution is -2.19. The van der Waals surface area contributed by atoms with Crippen molar-refractivity contribution in [3.05, 3.63) is 100 Å². The van der Waals surface area contributed by atoms with Crippen LogP contribution < -0.4 is 10.7 Å². The first-order chi connectivity index (χ1) is 15.0. The number of aromatic nitrogens is 1. The van der Waals surface area contributed by atoms with E-state index in [9.17, 15) is 4.79 Å². The average Bonchev–Trinajstić information content (AvgIpc) is 2.77. The molecule has 4 aromatic rings. The molecule has 0 unspecified atom stereocenters. The molecule has 0 atom stereocenters. The van der Waals surface area contributed by atoms with Crippen molar-refractivity contribution in [2.24, 2.45) is 5.10 Å². The van der Waals surface area contributed by atoms with Crippen molar-refractivity contribution in [1.29, 1.82) is 0 Å². The number of para-hydroxylation sites is 2. The minimum absolute atomic E-state index is 0.325. The summed E-state index contributed by atoms with van der Waals surface area (Å²) in [6.45, 7) is 4.10. The fraction of sp³-hybridized carbons (Fsp3) is 0.0800. The number of nitrogens with zero attached hydrogens (tertiary/aromatic N) is 2. The van der Waals surface area contributed by atoms with E-state index in [0.717, 1.165) is 22.2 Å². The van der Waals surface area contributed by atoms with E-state index in [1.807, 2.05) is 67.6 Å². The van der Waals surface area contributed by atoms with Crippen LogP contribution in [0.2, 0.25) is 5.15 Å². The van der Waals surface area contributed by atoms with Gasteiger partial charge in [0.15, 0.2) is 0 Å². The van der Waals surface area contributed by atoms with E-state index >= 15 is 0 Å². The van der Waals surface area contributed by atoms with E-state index in [2.05, 4.69) is 33.8 Å². The highest BCUT2D eigenvalue weighted by Gasteiger charge is 2.12. The van der Waals surface area contributed by atoms with E-state index in [4.69, 9.17) is 11.6 Å². The van der Waals surface area contributed by atoms with Gasteiger partial charge >= 0.3 is 0 Å². The first kappa shape index (κ1) is 20.6. The van der Waals surface area contributed by atoms with Crippen LogP contribution in [0.5, 0.6) is 0 Å². The number of carbonyl (C=O) groups excluding carboxylic acids is 1. The highest BCUT2D eigenvalue weighted by molar-refractivity contribution is 6.32. The molecule has 154 valence electrons. The predicted molar refractivity (Wildman–Crippen MR) is 127 cm³/mol. The Morgan fingerprint density at radius 2 is 1.71 bits per heavy atom. The smallest absolute Gasteiger partial charge is 0.273 e. The highest BCUT2D eigenvalue weighted by Crippen LogP contribution is 2.25. The van der Waals surface area contributed by atoms with Gasteiger partial charge in [-0.15, -0.1) is 0 Å². The van der Waals surface area contributed by atoms with Crippen molar-refractivity contribution in [2.75, 3.05) is 5.32 Å². The summed E-state index contributed by atoms with van der Waals surface area (Å²) in [6.07, 6.45) is 1.50. The first-order valence-electron chi connectivity index (χ1n) is 9.84. The number of hydrogen-bond acceptors (Lipinski definition) is 4. The predicted octanol–water partition coefficient (Wildman–Crippen LogP) is 6.01. The largest absolute Gasteiger partial charge is 0.355 e. The molecule has 3 aromatic carbocycles. The summed E-state index contributed by atoms with van der Waals surface area (Å²) in [5.41, 5.74) is 8.47. The van der Waals surface area contributed by atoms with Crippen LogP contribution in [0.15, 0.2) is 77.9 Å². The Labute approximate surface area is 185 Å². The molecular formula is C25H21ClN4O. The number of pyridine rings is 1. The second-order valence-corrected chi connectivity index (χ2v) is 7.54. The number of aryl methyl sites for hydroxylation is 1. The monoisotopic (exact) mass is 428 g/mol. The van der Waals surface area contributed by atoms with Gasteiger partial charge in [-0.3, -0.25) is 4.79 Å². The number of hydrazone groups is 1. The van der Waals surface area contributed by atoms with Crippen molar-refractivity contribution >= 4 is 46.0 Å². The van der Waals surface area contributed by atoms with Crippen molar-refractivity contribution < 1.29 is 4.79 Å². The zero-order valence-electron chi connectivity index (χ0n) is 17.2. The van der Waals surface area contributed by atoms with Crippen LogP contribution in [-0.4, -0.2) is 17.1 Å². The lowest BCUT2D eigenvalue weighted by Gasteiger charge is -2.14. The van der Waals surface area contributed by atoms with Crippen LogP contribution in [0.25, 0.3) is 10.9 Å². The van der Waals surface area contributed by atoms with Gasteiger partial charge in [0, 0.05) is 16.6 Å². The van der Waals surface area contributed by atoms with Gasteiger partial charge in [0.25, 0.3) is 5.91 Å². The SMILES string of the molecule is Cc1cccc(Nc2ccccc2C(=O)N/N=C/c2cc3ccccc3nc2Cl)c1C.